The molecule has 0 aromatic heterocycles. The van der Waals surface area contributed by atoms with Crippen LogP contribution < -0.4 is 10.1 Å². The molecule has 0 fully saturated rings. The Balaban J connectivity index is 1.51. The predicted octanol–water partition coefficient (Wildman–Crippen LogP) is 4.16. The molecule has 0 heterocycles. The summed E-state index contributed by atoms with van der Waals surface area (Å²) in [5, 5.41) is 11.8. The summed E-state index contributed by atoms with van der Waals surface area (Å²) in [6.07, 6.45) is 1.30. The number of ketones is 2. The smallest absolute Gasteiger partial charge is 0.291 e. The zero-order chi connectivity index (χ0) is 22.2. The first-order valence-corrected chi connectivity index (χ1v) is 9.87. The second kappa shape index (κ2) is 10.2. The van der Waals surface area contributed by atoms with Crippen molar-refractivity contribution in [2.24, 2.45) is 0 Å². The fraction of sp³-hybridized carbons (Fsp3) is 0.160. The molecule has 0 aliphatic rings. The monoisotopic (exact) mass is 417 g/mol. The number of anilines is 1. The average Bonchev–Trinajstić information content (AvgIpc) is 2.80. The number of aryl methyl sites for hydroxylation is 1. The Morgan fingerprint density at radius 2 is 1.42 bits per heavy atom. The Kier molecular flexibility index (Phi) is 7.17. The van der Waals surface area contributed by atoms with Gasteiger partial charge in [-0.1, -0.05) is 12.1 Å². The van der Waals surface area contributed by atoms with E-state index in [0.29, 0.717) is 35.4 Å². The van der Waals surface area contributed by atoms with Gasteiger partial charge in [-0.3, -0.25) is 14.4 Å². The molecular formula is C25H23NO5. The zero-order valence-corrected chi connectivity index (χ0v) is 17.1. The van der Waals surface area contributed by atoms with Gasteiger partial charge in [-0.05, 0) is 79.1 Å². The molecule has 0 saturated heterocycles. The zero-order valence-electron chi connectivity index (χ0n) is 17.1. The highest BCUT2D eigenvalue weighted by Gasteiger charge is 2.14. The predicted molar refractivity (Wildman–Crippen MR) is 118 cm³/mol. The van der Waals surface area contributed by atoms with Gasteiger partial charge in [0.05, 0.1) is 7.11 Å². The second-order valence-electron chi connectivity index (χ2n) is 7.03. The Labute approximate surface area is 180 Å². The lowest BCUT2D eigenvalue weighted by Gasteiger charge is -2.07. The lowest BCUT2D eigenvalue weighted by molar-refractivity contribution is -0.134. The van der Waals surface area contributed by atoms with E-state index in [9.17, 15) is 19.5 Å². The summed E-state index contributed by atoms with van der Waals surface area (Å²) in [5.74, 6) is -0.471. The first kappa shape index (κ1) is 21.8. The van der Waals surface area contributed by atoms with Crippen molar-refractivity contribution in [1.82, 2.24) is 0 Å². The van der Waals surface area contributed by atoms with E-state index in [1.807, 2.05) is 0 Å². The first-order valence-electron chi connectivity index (χ1n) is 9.87. The summed E-state index contributed by atoms with van der Waals surface area (Å²) < 4.78 is 5.09. The molecule has 0 bridgehead atoms. The minimum Gasteiger partial charge on any atom is -0.508 e. The van der Waals surface area contributed by atoms with Gasteiger partial charge in [-0.15, -0.1) is 0 Å². The number of hydrogen-bond donors (Lipinski definition) is 2. The maximum atomic E-state index is 12.5. The molecule has 158 valence electrons. The van der Waals surface area contributed by atoms with E-state index in [1.165, 1.54) is 0 Å². The van der Waals surface area contributed by atoms with Gasteiger partial charge in [-0.25, -0.2) is 0 Å². The van der Waals surface area contributed by atoms with Crippen molar-refractivity contribution in [2.75, 3.05) is 12.4 Å². The molecule has 0 spiro atoms. The number of methoxy groups -OCH3 is 1. The van der Waals surface area contributed by atoms with E-state index in [-0.39, 0.29) is 18.0 Å². The third kappa shape index (κ3) is 6.02. The fourth-order valence-corrected chi connectivity index (χ4v) is 3.04. The molecule has 0 aliphatic carbocycles. The number of carbonyl (C=O) groups is 3. The number of phenolic OH excluding ortho intramolecular Hbond substituents is 1. The number of aromatic hydroxyl groups is 1. The van der Waals surface area contributed by atoms with Gasteiger partial charge in [0.15, 0.2) is 5.78 Å². The molecule has 3 aromatic rings. The number of Topliss-reactive ketones (excluding diaryl/α,β-unsaturated/α-hetero) is 1. The van der Waals surface area contributed by atoms with Gasteiger partial charge in [0, 0.05) is 23.2 Å². The summed E-state index contributed by atoms with van der Waals surface area (Å²) in [6.45, 7) is 0. The van der Waals surface area contributed by atoms with Gasteiger partial charge in [0.1, 0.15) is 11.5 Å². The number of carbonyl (C=O) groups excluding carboxylic acids is 3. The van der Waals surface area contributed by atoms with Crippen LogP contribution in [0.3, 0.4) is 0 Å². The molecule has 6 nitrogen and oxygen atoms in total. The number of phenols is 1. The maximum Gasteiger partial charge on any atom is 0.291 e. The van der Waals surface area contributed by atoms with Crippen LogP contribution in [0, 0.1) is 0 Å². The lowest BCUT2D eigenvalue weighted by Crippen LogP contribution is -2.22. The molecule has 6 heteroatoms. The molecule has 3 rings (SSSR count). The van der Waals surface area contributed by atoms with Crippen molar-refractivity contribution in [3.63, 3.8) is 0 Å². The van der Waals surface area contributed by atoms with Crippen LogP contribution in [0.4, 0.5) is 5.69 Å². The number of ether oxygens (including phenoxy) is 1. The van der Waals surface area contributed by atoms with Crippen LogP contribution >= 0.6 is 0 Å². The van der Waals surface area contributed by atoms with E-state index < -0.39 is 11.7 Å². The van der Waals surface area contributed by atoms with Crippen molar-refractivity contribution in [3.8, 4) is 11.5 Å². The summed E-state index contributed by atoms with van der Waals surface area (Å²) >= 11 is 0. The quantitative estimate of drug-likeness (QED) is 0.403. The van der Waals surface area contributed by atoms with Crippen LogP contribution in [-0.4, -0.2) is 29.7 Å². The molecule has 0 radical (unpaired) electrons. The van der Waals surface area contributed by atoms with Crippen LogP contribution in [0.5, 0.6) is 11.5 Å². The maximum absolute atomic E-state index is 12.5. The van der Waals surface area contributed by atoms with Crippen molar-refractivity contribution in [3.05, 3.63) is 89.5 Å². The van der Waals surface area contributed by atoms with Gasteiger partial charge in [0.25, 0.3) is 5.91 Å². The van der Waals surface area contributed by atoms with Crippen LogP contribution in [0.2, 0.25) is 0 Å². The van der Waals surface area contributed by atoms with Crippen LogP contribution in [0.15, 0.2) is 72.8 Å². The molecule has 31 heavy (non-hydrogen) atoms. The van der Waals surface area contributed by atoms with E-state index in [4.69, 9.17) is 4.74 Å². The second-order valence-corrected chi connectivity index (χ2v) is 7.03. The van der Waals surface area contributed by atoms with Crippen LogP contribution in [-0.2, 0) is 16.0 Å². The Bertz CT molecular complexity index is 1050. The standard InChI is InChI=1S/C25H23NO5/c1-31-22-15-9-19(10-16-22)24(29)18-7-11-20(12-8-18)26-25(30)23(28)4-2-3-17-5-13-21(27)14-6-17/h5-16,27H,2-4H2,1H3,(H,26,30). The van der Waals surface area contributed by atoms with Crippen molar-refractivity contribution in [1.29, 1.82) is 0 Å². The normalized spacial score (nSPS) is 10.4. The largest absolute Gasteiger partial charge is 0.508 e. The number of benzene rings is 3. The molecule has 1 amide bonds. The van der Waals surface area contributed by atoms with E-state index in [1.54, 1.807) is 79.9 Å². The molecular weight excluding hydrogens is 394 g/mol. The minimum absolute atomic E-state index is 0.126. The summed E-state index contributed by atoms with van der Waals surface area (Å²) in [6, 6.07) is 20.0. The van der Waals surface area contributed by atoms with Crippen molar-refractivity contribution < 1.29 is 24.2 Å². The van der Waals surface area contributed by atoms with Crippen molar-refractivity contribution >= 4 is 23.2 Å². The SMILES string of the molecule is COc1ccc(C(=O)c2ccc(NC(=O)C(=O)CCCc3ccc(O)cc3)cc2)cc1. The average molecular weight is 417 g/mol. The summed E-state index contributed by atoms with van der Waals surface area (Å²) in [4.78, 5) is 36.8. The molecule has 0 aliphatic heterocycles. The summed E-state index contributed by atoms with van der Waals surface area (Å²) in [7, 11) is 1.56. The van der Waals surface area contributed by atoms with E-state index >= 15 is 0 Å². The highest BCUT2D eigenvalue weighted by atomic mass is 16.5. The topological polar surface area (TPSA) is 92.7 Å². The number of rotatable bonds is 9. The number of nitrogens with one attached hydrogen (secondary N) is 1. The Morgan fingerprint density at radius 1 is 0.839 bits per heavy atom. The van der Waals surface area contributed by atoms with Gasteiger partial charge >= 0.3 is 0 Å². The van der Waals surface area contributed by atoms with Crippen molar-refractivity contribution in [2.45, 2.75) is 19.3 Å². The highest BCUT2D eigenvalue weighted by Crippen LogP contribution is 2.17. The van der Waals surface area contributed by atoms with E-state index in [2.05, 4.69) is 5.32 Å². The number of hydrogen-bond acceptors (Lipinski definition) is 5. The van der Waals surface area contributed by atoms with Gasteiger partial charge in [-0.2, -0.15) is 0 Å². The Morgan fingerprint density at radius 3 is 2.00 bits per heavy atom. The molecule has 2 N–H and O–H groups in total. The fourth-order valence-electron chi connectivity index (χ4n) is 3.04. The number of amides is 1. The van der Waals surface area contributed by atoms with E-state index in [0.717, 1.165) is 5.56 Å². The molecule has 3 aromatic carbocycles. The van der Waals surface area contributed by atoms with Crippen LogP contribution in [0.25, 0.3) is 0 Å². The third-order valence-electron chi connectivity index (χ3n) is 4.82. The van der Waals surface area contributed by atoms with Gasteiger partial charge in [0.2, 0.25) is 5.78 Å². The minimum atomic E-state index is -0.681. The van der Waals surface area contributed by atoms with Gasteiger partial charge < -0.3 is 15.2 Å². The molecule has 0 unspecified atom stereocenters. The summed E-state index contributed by atoms with van der Waals surface area (Å²) in [5.41, 5.74) is 2.44. The Hall–Kier alpha value is -3.93. The molecule has 0 atom stereocenters. The van der Waals surface area contributed by atoms with Crippen LogP contribution in [0.1, 0.15) is 34.3 Å². The highest BCUT2D eigenvalue weighted by molar-refractivity contribution is 6.40. The first-order chi connectivity index (χ1) is 15.0. The lowest BCUT2D eigenvalue weighted by atomic mass is 10.0. The molecule has 0 saturated carbocycles. The third-order valence-corrected chi connectivity index (χ3v) is 4.82.